The summed E-state index contributed by atoms with van der Waals surface area (Å²) in [7, 11) is 0. The summed E-state index contributed by atoms with van der Waals surface area (Å²) >= 11 is 1.87. The van der Waals surface area contributed by atoms with E-state index in [1.165, 1.54) is 0 Å². The summed E-state index contributed by atoms with van der Waals surface area (Å²) in [6.45, 7) is 4.94. The fourth-order valence-electron chi connectivity index (χ4n) is 0.916. The summed E-state index contributed by atoms with van der Waals surface area (Å²) in [5.41, 5.74) is 6.33. The second-order valence-electron chi connectivity index (χ2n) is 2.97. The predicted octanol–water partition coefficient (Wildman–Crippen LogP) is 1.08. The standard InChI is InChI=1S/C9H21N3S/c1-4-9(6-13-3)12-7-11-8(2)5-10/h5,9,11-12H,4,6-7,10H2,1-3H3/b8-5+. The first-order valence-electron chi connectivity index (χ1n) is 4.59. The van der Waals surface area contributed by atoms with Gasteiger partial charge in [0.05, 0.1) is 6.67 Å². The van der Waals surface area contributed by atoms with Crippen molar-refractivity contribution in [2.75, 3.05) is 18.7 Å². The zero-order chi connectivity index (χ0) is 10.1. The molecule has 78 valence electrons. The van der Waals surface area contributed by atoms with Crippen LogP contribution in [0.15, 0.2) is 11.9 Å². The van der Waals surface area contributed by atoms with Gasteiger partial charge in [0, 0.05) is 23.7 Å². The van der Waals surface area contributed by atoms with Crippen molar-refractivity contribution in [2.24, 2.45) is 5.73 Å². The average Bonchev–Trinajstić information content (AvgIpc) is 2.16. The highest BCUT2D eigenvalue weighted by molar-refractivity contribution is 7.98. The maximum atomic E-state index is 5.32. The molecule has 4 N–H and O–H groups in total. The summed E-state index contributed by atoms with van der Waals surface area (Å²) in [5, 5.41) is 6.58. The summed E-state index contributed by atoms with van der Waals surface area (Å²) < 4.78 is 0. The van der Waals surface area contributed by atoms with Gasteiger partial charge in [0.15, 0.2) is 0 Å². The highest BCUT2D eigenvalue weighted by atomic mass is 32.2. The molecule has 0 spiro atoms. The molecule has 0 saturated carbocycles. The first kappa shape index (κ1) is 12.7. The molecule has 0 saturated heterocycles. The molecule has 0 aliphatic carbocycles. The van der Waals surface area contributed by atoms with Crippen LogP contribution in [0, 0.1) is 0 Å². The average molecular weight is 203 g/mol. The molecule has 0 radical (unpaired) electrons. The fourth-order valence-corrected chi connectivity index (χ4v) is 1.67. The molecule has 13 heavy (non-hydrogen) atoms. The van der Waals surface area contributed by atoms with E-state index in [2.05, 4.69) is 23.8 Å². The van der Waals surface area contributed by atoms with Gasteiger partial charge in [-0.1, -0.05) is 6.92 Å². The van der Waals surface area contributed by atoms with Crippen LogP contribution < -0.4 is 16.4 Å². The van der Waals surface area contributed by atoms with Crippen LogP contribution in [0.3, 0.4) is 0 Å². The lowest BCUT2D eigenvalue weighted by Gasteiger charge is -2.16. The Kier molecular flexibility index (Phi) is 8.04. The molecule has 0 aromatic carbocycles. The zero-order valence-electron chi connectivity index (χ0n) is 8.76. The number of allylic oxidation sites excluding steroid dienone is 1. The number of nitrogens with one attached hydrogen (secondary N) is 2. The van der Waals surface area contributed by atoms with Crippen LogP contribution in [0.2, 0.25) is 0 Å². The second kappa shape index (κ2) is 8.26. The summed E-state index contributed by atoms with van der Waals surface area (Å²) in [6, 6.07) is 0.591. The summed E-state index contributed by atoms with van der Waals surface area (Å²) in [4.78, 5) is 0. The van der Waals surface area contributed by atoms with E-state index < -0.39 is 0 Å². The normalized spacial score (nSPS) is 14.2. The lowest BCUT2D eigenvalue weighted by atomic mass is 10.3. The molecule has 0 aromatic rings. The maximum Gasteiger partial charge on any atom is 0.0653 e. The molecule has 0 amide bonds. The van der Waals surface area contributed by atoms with Crippen molar-refractivity contribution in [3.05, 3.63) is 11.9 Å². The molecule has 0 heterocycles. The lowest BCUT2D eigenvalue weighted by molar-refractivity contribution is 0.520. The van der Waals surface area contributed by atoms with Crippen LogP contribution in [0.5, 0.6) is 0 Å². The van der Waals surface area contributed by atoms with E-state index in [4.69, 9.17) is 5.73 Å². The Bertz CT molecular complexity index is 148. The maximum absolute atomic E-state index is 5.32. The molecule has 1 atom stereocenters. The van der Waals surface area contributed by atoms with Crippen molar-refractivity contribution < 1.29 is 0 Å². The fraction of sp³-hybridized carbons (Fsp3) is 0.778. The number of hydrogen-bond donors (Lipinski definition) is 3. The predicted molar refractivity (Wildman–Crippen MR) is 61.5 cm³/mol. The second-order valence-corrected chi connectivity index (χ2v) is 3.88. The molecule has 0 fully saturated rings. The third-order valence-corrected chi connectivity index (χ3v) is 2.60. The van der Waals surface area contributed by atoms with Crippen molar-refractivity contribution in [1.29, 1.82) is 0 Å². The van der Waals surface area contributed by atoms with Crippen molar-refractivity contribution in [1.82, 2.24) is 10.6 Å². The van der Waals surface area contributed by atoms with Crippen LogP contribution in [-0.4, -0.2) is 24.7 Å². The van der Waals surface area contributed by atoms with Crippen LogP contribution in [-0.2, 0) is 0 Å². The van der Waals surface area contributed by atoms with Crippen molar-refractivity contribution >= 4 is 11.8 Å². The first-order valence-corrected chi connectivity index (χ1v) is 5.98. The van der Waals surface area contributed by atoms with Gasteiger partial charge in [-0.2, -0.15) is 11.8 Å². The molecule has 4 heteroatoms. The van der Waals surface area contributed by atoms with Crippen LogP contribution >= 0.6 is 11.8 Å². The van der Waals surface area contributed by atoms with Gasteiger partial charge in [-0.05, 0) is 19.6 Å². The summed E-state index contributed by atoms with van der Waals surface area (Å²) in [6.07, 6.45) is 4.87. The van der Waals surface area contributed by atoms with E-state index in [1.807, 2.05) is 18.7 Å². The highest BCUT2D eigenvalue weighted by Gasteiger charge is 2.02. The van der Waals surface area contributed by atoms with E-state index in [0.717, 1.165) is 24.5 Å². The van der Waals surface area contributed by atoms with Crippen molar-refractivity contribution in [3.63, 3.8) is 0 Å². The number of rotatable bonds is 7. The topological polar surface area (TPSA) is 50.1 Å². The Morgan fingerprint density at radius 2 is 2.31 bits per heavy atom. The third kappa shape index (κ3) is 6.78. The molecule has 1 unspecified atom stereocenters. The van der Waals surface area contributed by atoms with Gasteiger partial charge < -0.3 is 11.1 Å². The zero-order valence-corrected chi connectivity index (χ0v) is 9.58. The monoisotopic (exact) mass is 203 g/mol. The van der Waals surface area contributed by atoms with Crippen LogP contribution in [0.4, 0.5) is 0 Å². The molecular formula is C9H21N3S. The minimum atomic E-state index is 0.591. The highest BCUT2D eigenvalue weighted by Crippen LogP contribution is 1.99. The molecule has 0 rings (SSSR count). The number of nitrogens with two attached hydrogens (primary N) is 1. The smallest absolute Gasteiger partial charge is 0.0653 e. The van der Waals surface area contributed by atoms with Gasteiger partial charge in [0.1, 0.15) is 0 Å². The van der Waals surface area contributed by atoms with E-state index in [0.29, 0.717) is 6.04 Å². The molecule has 0 aliphatic heterocycles. The van der Waals surface area contributed by atoms with Gasteiger partial charge in [-0.25, -0.2) is 0 Å². The Morgan fingerprint density at radius 3 is 2.77 bits per heavy atom. The van der Waals surface area contributed by atoms with Crippen LogP contribution in [0.25, 0.3) is 0 Å². The molecular weight excluding hydrogens is 182 g/mol. The van der Waals surface area contributed by atoms with Gasteiger partial charge >= 0.3 is 0 Å². The van der Waals surface area contributed by atoms with Crippen molar-refractivity contribution in [3.8, 4) is 0 Å². The quantitative estimate of drug-likeness (QED) is 0.542. The van der Waals surface area contributed by atoms with Gasteiger partial charge in [0.2, 0.25) is 0 Å². The Hall–Kier alpha value is -0.350. The third-order valence-electron chi connectivity index (χ3n) is 1.87. The SMILES string of the molecule is CCC(CSC)NCN/C(C)=C/N. The number of hydrogen-bond acceptors (Lipinski definition) is 4. The lowest BCUT2D eigenvalue weighted by Crippen LogP contribution is -2.37. The van der Waals surface area contributed by atoms with E-state index in [1.54, 1.807) is 6.20 Å². The Morgan fingerprint density at radius 1 is 1.62 bits per heavy atom. The minimum Gasteiger partial charge on any atom is -0.403 e. The van der Waals surface area contributed by atoms with Gasteiger partial charge in [-0.15, -0.1) is 0 Å². The molecule has 0 aliphatic rings. The Labute approximate surface area is 85.5 Å². The molecule has 0 aromatic heterocycles. The molecule has 3 nitrogen and oxygen atoms in total. The molecule has 0 bridgehead atoms. The van der Waals surface area contributed by atoms with E-state index in [9.17, 15) is 0 Å². The number of thioether (sulfide) groups is 1. The minimum absolute atomic E-state index is 0.591. The first-order chi connectivity index (χ1) is 6.24. The van der Waals surface area contributed by atoms with E-state index in [-0.39, 0.29) is 0 Å². The van der Waals surface area contributed by atoms with Crippen LogP contribution in [0.1, 0.15) is 20.3 Å². The largest absolute Gasteiger partial charge is 0.403 e. The Balaban J connectivity index is 3.48. The summed E-state index contributed by atoms with van der Waals surface area (Å²) in [5.74, 6) is 1.16. The van der Waals surface area contributed by atoms with E-state index >= 15 is 0 Å². The van der Waals surface area contributed by atoms with Gasteiger partial charge in [0.25, 0.3) is 0 Å². The van der Waals surface area contributed by atoms with Crippen molar-refractivity contribution in [2.45, 2.75) is 26.3 Å². The van der Waals surface area contributed by atoms with Gasteiger partial charge in [-0.3, -0.25) is 5.32 Å².